The molecule has 0 saturated carbocycles. The number of hydrogen-bond acceptors (Lipinski definition) is 1. The van der Waals surface area contributed by atoms with Gasteiger partial charge in [-0.1, -0.05) is 56.3 Å². The molecular weight excluding hydrogens is 270 g/mol. The summed E-state index contributed by atoms with van der Waals surface area (Å²) in [7, 11) is 0. The van der Waals surface area contributed by atoms with Crippen LogP contribution in [0.5, 0.6) is 0 Å². The Hall–Kier alpha value is -2.09. The van der Waals surface area contributed by atoms with Crippen LogP contribution in [-0.2, 0) is 4.79 Å². The van der Waals surface area contributed by atoms with Crippen LogP contribution in [0.25, 0.3) is 10.8 Å². The lowest BCUT2D eigenvalue weighted by Crippen LogP contribution is -2.29. The van der Waals surface area contributed by atoms with Gasteiger partial charge in [0.2, 0.25) is 5.91 Å². The molecule has 0 aliphatic carbocycles. The van der Waals surface area contributed by atoms with Crippen LogP contribution in [0.3, 0.4) is 0 Å². The number of carbonyl (C=O) groups is 1. The third-order valence-electron chi connectivity index (χ3n) is 4.40. The van der Waals surface area contributed by atoms with Crippen molar-refractivity contribution >= 4 is 16.7 Å². The number of rotatable bonds is 4. The van der Waals surface area contributed by atoms with E-state index >= 15 is 0 Å². The largest absolute Gasteiger partial charge is 0.328 e. The zero-order chi connectivity index (χ0) is 15.7. The smallest absolute Gasteiger partial charge is 0.247 e. The molecule has 114 valence electrons. The molecule has 0 N–H and O–H groups in total. The van der Waals surface area contributed by atoms with Crippen molar-refractivity contribution in [1.29, 1.82) is 0 Å². The molecule has 1 heterocycles. The SMILES string of the molecule is CC(C)CC1=CC(=O)N([C@H](C)c2cccc3ccccc23)C1. The van der Waals surface area contributed by atoms with E-state index in [1.54, 1.807) is 0 Å². The minimum Gasteiger partial charge on any atom is -0.328 e. The summed E-state index contributed by atoms with van der Waals surface area (Å²) in [4.78, 5) is 14.4. The summed E-state index contributed by atoms with van der Waals surface area (Å²) >= 11 is 0. The Kier molecular flexibility index (Phi) is 4.02. The number of fused-ring (bicyclic) bond motifs is 1. The van der Waals surface area contributed by atoms with E-state index in [9.17, 15) is 4.79 Å². The summed E-state index contributed by atoms with van der Waals surface area (Å²) in [5.74, 6) is 0.739. The summed E-state index contributed by atoms with van der Waals surface area (Å²) in [6, 6.07) is 14.8. The summed E-state index contributed by atoms with van der Waals surface area (Å²) < 4.78 is 0. The van der Waals surface area contributed by atoms with E-state index in [1.807, 2.05) is 11.0 Å². The molecule has 2 heteroatoms. The standard InChI is InChI=1S/C20H23NO/c1-14(2)11-16-12-20(22)21(13-16)15(3)18-10-6-8-17-7-4-5-9-19(17)18/h4-10,12,14-15H,11,13H2,1-3H3/t15-/m1/s1. The van der Waals surface area contributed by atoms with Crippen molar-refractivity contribution < 1.29 is 4.79 Å². The molecule has 0 bridgehead atoms. The number of amides is 1. The highest BCUT2D eigenvalue weighted by Crippen LogP contribution is 2.31. The van der Waals surface area contributed by atoms with Crippen molar-refractivity contribution in [2.45, 2.75) is 33.2 Å². The normalized spacial score (nSPS) is 16.5. The monoisotopic (exact) mass is 293 g/mol. The highest BCUT2D eigenvalue weighted by Gasteiger charge is 2.27. The van der Waals surface area contributed by atoms with Gasteiger partial charge in [-0.2, -0.15) is 0 Å². The van der Waals surface area contributed by atoms with Gasteiger partial charge in [-0.3, -0.25) is 4.79 Å². The second-order valence-electron chi connectivity index (χ2n) is 6.61. The predicted molar refractivity (Wildman–Crippen MR) is 91.6 cm³/mol. The van der Waals surface area contributed by atoms with Crippen LogP contribution >= 0.6 is 0 Å². The molecule has 0 aromatic heterocycles. The average molecular weight is 293 g/mol. The van der Waals surface area contributed by atoms with Crippen molar-refractivity contribution in [3.63, 3.8) is 0 Å². The minimum absolute atomic E-state index is 0.0968. The molecule has 0 fully saturated rings. The molecule has 1 aliphatic rings. The van der Waals surface area contributed by atoms with Gasteiger partial charge in [0.15, 0.2) is 0 Å². The summed E-state index contributed by atoms with van der Waals surface area (Å²) in [6.45, 7) is 7.29. The molecule has 0 radical (unpaired) electrons. The van der Waals surface area contributed by atoms with Gasteiger partial charge < -0.3 is 4.90 Å². The molecule has 1 amide bonds. The first-order valence-electron chi connectivity index (χ1n) is 8.04. The van der Waals surface area contributed by atoms with Gasteiger partial charge in [0.05, 0.1) is 6.04 Å². The zero-order valence-corrected chi connectivity index (χ0v) is 13.5. The highest BCUT2D eigenvalue weighted by atomic mass is 16.2. The molecule has 0 unspecified atom stereocenters. The van der Waals surface area contributed by atoms with Crippen LogP contribution in [0.4, 0.5) is 0 Å². The molecular formula is C20H23NO. The van der Waals surface area contributed by atoms with Crippen molar-refractivity contribution in [3.05, 3.63) is 59.7 Å². The predicted octanol–water partition coefficient (Wildman–Crippen LogP) is 4.72. The Balaban J connectivity index is 1.88. The van der Waals surface area contributed by atoms with Crippen molar-refractivity contribution in [1.82, 2.24) is 4.90 Å². The number of hydrogen-bond donors (Lipinski definition) is 0. The molecule has 1 atom stereocenters. The maximum atomic E-state index is 12.4. The quantitative estimate of drug-likeness (QED) is 0.799. The fourth-order valence-corrected chi connectivity index (χ4v) is 3.36. The molecule has 0 saturated heterocycles. The van der Waals surface area contributed by atoms with Gasteiger partial charge in [0.25, 0.3) is 0 Å². The average Bonchev–Trinajstić information content (AvgIpc) is 2.85. The van der Waals surface area contributed by atoms with E-state index < -0.39 is 0 Å². The molecule has 0 spiro atoms. The summed E-state index contributed by atoms with van der Waals surface area (Å²) in [6.07, 6.45) is 2.84. The maximum absolute atomic E-state index is 12.4. The first kappa shape index (κ1) is 14.8. The van der Waals surface area contributed by atoms with E-state index in [2.05, 4.69) is 63.2 Å². The number of carbonyl (C=O) groups excluding carboxylic acids is 1. The number of benzene rings is 2. The van der Waals surface area contributed by atoms with Gasteiger partial charge in [-0.05, 0) is 41.2 Å². The van der Waals surface area contributed by atoms with E-state index in [-0.39, 0.29) is 11.9 Å². The maximum Gasteiger partial charge on any atom is 0.247 e. The Morgan fingerprint density at radius 2 is 1.77 bits per heavy atom. The van der Waals surface area contributed by atoms with Gasteiger partial charge in [-0.15, -0.1) is 0 Å². The van der Waals surface area contributed by atoms with Crippen LogP contribution < -0.4 is 0 Å². The van der Waals surface area contributed by atoms with Crippen molar-refractivity contribution in [2.24, 2.45) is 5.92 Å². The lowest BCUT2D eigenvalue weighted by Gasteiger charge is -2.26. The van der Waals surface area contributed by atoms with E-state index in [1.165, 1.54) is 21.9 Å². The van der Waals surface area contributed by atoms with Crippen LogP contribution in [0.2, 0.25) is 0 Å². The Labute approximate surface area is 132 Å². The van der Waals surface area contributed by atoms with Crippen LogP contribution in [0.15, 0.2) is 54.1 Å². The lowest BCUT2D eigenvalue weighted by atomic mass is 9.98. The minimum atomic E-state index is 0.0968. The topological polar surface area (TPSA) is 20.3 Å². The molecule has 22 heavy (non-hydrogen) atoms. The highest BCUT2D eigenvalue weighted by molar-refractivity contribution is 5.92. The lowest BCUT2D eigenvalue weighted by molar-refractivity contribution is -0.126. The van der Waals surface area contributed by atoms with Crippen molar-refractivity contribution in [2.75, 3.05) is 6.54 Å². The molecule has 2 aromatic rings. The van der Waals surface area contributed by atoms with Gasteiger partial charge >= 0.3 is 0 Å². The second kappa shape index (κ2) is 5.96. The molecule has 1 aliphatic heterocycles. The van der Waals surface area contributed by atoms with E-state index in [0.29, 0.717) is 5.92 Å². The number of nitrogens with zero attached hydrogens (tertiary/aromatic N) is 1. The Morgan fingerprint density at radius 1 is 1.05 bits per heavy atom. The van der Waals surface area contributed by atoms with E-state index in [0.717, 1.165) is 13.0 Å². The van der Waals surface area contributed by atoms with Gasteiger partial charge in [0.1, 0.15) is 0 Å². The molecule has 2 nitrogen and oxygen atoms in total. The summed E-state index contributed by atoms with van der Waals surface area (Å²) in [5.41, 5.74) is 2.48. The van der Waals surface area contributed by atoms with Crippen LogP contribution in [0.1, 0.15) is 38.8 Å². The van der Waals surface area contributed by atoms with Crippen molar-refractivity contribution in [3.8, 4) is 0 Å². The Morgan fingerprint density at radius 3 is 2.55 bits per heavy atom. The molecule has 2 aromatic carbocycles. The van der Waals surface area contributed by atoms with Crippen LogP contribution in [-0.4, -0.2) is 17.4 Å². The van der Waals surface area contributed by atoms with Gasteiger partial charge in [0, 0.05) is 12.6 Å². The fraction of sp³-hybridized carbons (Fsp3) is 0.350. The van der Waals surface area contributed by atoms with Crippen LogP contribution in [0, 0.1) is 5.92 Å². The third-order valence-corrected chi connectivity index (χ3v) is 4.40. The fourth-order valence-electron chi connectivity index (χ4n) is 3.36. The summed E-state index contributed by atoms with van der Waals surface area (Å²) in [5, 5.41) is 2.47. The van der Waals surface area contributed by atoms with Gasteiger partial charge in [-0.25, -0.2) is 0 Å². The Bertz CT molecular complexity index is 724. The third kappa shape index (κ3) is 2.78. The van der Waals surface area contributed by atoms with E-state index in [4.69, 9.17) is 0 Å². The zero-order valence-electron chi connectivity index (χ0n) is 13.5. The first-order chi connectivity index (χ1) is 10.6. The first-order valence-corrected chi connectivity index (χ1v) is 8.04. The second-order valence-corrected chi connectivity index (χ2v) is 6.61. The molecule has 3 rings (SSSR count).